The fourth-order valence-corrected chi connectivity index (χ4v) is 3.42. The zero-order valence-corrected chi connectivity index (χ0v) is 15.2. The first-order valence-electron chi connectivity index (χ1n) is 8.75. The molecule has 2 aliphatic heterocycles. The monoisotopic (exact) mass is 409 g/mol. The van der Waals surface area contributed by atoms with Crippen LogP contribution in [0, 0.1) is 11.8 Å². The maximum absolute atomic E-state index is 12.6. The Morgan fingerprint density at radius 3 is 2.38 bits per heavy atom. The molecule has 0 unspecified atom stereocenters. The number of carboxylic acid groups (broad SMARTS) is 1. The van der Waals surface area contributed by atoms with Crippen LogP contribution in [-0.2, 0) is 16.1 Å². The summed E-state index contributed by atoms with van der Waals surface area (Å²) >= 11 is 0. The number of carbonyl (C=O) groups excluding carboxylic acids is 1. The number of hydrogen-bond donors (Lipinski definition) is 1. The van der Waals surface area contributed by atoms with Crippen LogP contribution in [0.1, 0.15) is 5.56 Å². The fraction of sp³-hybridized carbons (Fsp3) is 0.389. The minimum atomic E-state index is -5.08. The second kappa shape index (κ2) is 8.41. The van der Waals surface area contributed by atoms with Gasteiger partial charge in [0.25, 0.3) is 0 Å². The van der Waals surface area contributed by atoms with Crippen LogP contribution >= 0.6 is 0 Å². The second-order valence-electron chi connectivity index (χ2n) is 6.70. The maximum atomic E-state index is 12.6. The molecule has 2 aromatic heterocycles. The Morgan fingerprint density at radius 2 is 1.83 bits per heavy atom. The van der Waals surface area contributed by atoms with E-state index in [0.717, 1.165) is 31.1 Å². The van der Waals surface area contributed by atoms with Gasteiger partial charge in [-0.15, -0.1) is 0 Å². The van der Waals surface area contributed by atoms with Crippen LogP contribution in [-0.4, -0.2) is 62.6 Å². The van der Waals surface area contributed by atoms with E-state index in [9.17, 15) is 18.0 Å². The molecule has 4 heterocycles. The van der Waals surface area contributed by atoms with Crippen LogP contribution in [0.5, 0.6) is 0 Å². The van der Waals surface area contributed by atoms with E-state index in [0.29, 0.717) is 12.5 Å². The topological polar surface area (TPSA) is 99.5 Å². The summed E-state index contributed by atoms with van der Waals surface area (Å²) in [4.78, 5) is 38.3. The molecule has 2 aliphatic rings. The number of halogens is 3. The molecule has 154 valence electrons. The molecule has 2 atom stereocenters. The van der Waals surface area contributed by atoms with Crippen molar-refractivity contribution < 1.29 is 27.9 Å². The molecule has 1 N–H and O–H groups in total. The van der Waals surface area contributed by atoms with Crippen molar-refractivity contribution in [2.24, 2.45) is 11.8 Å². The van der Waals surface area contributed by atoms with Gasteiger partial charge in [0.2, 0.25) is 11.9 Å². The van der Waals surface area contributed by atoms with Crippen molar-refractivity contribution in [2.75, 3.05) is 24.5 Å². The predicted octanol–water partition coefficient (Wildman–Crippen LogP) is 1.60. The van der Waals surface area contributed by atoms with E-state index in [1.807, 2.05) is 23.2 Å². The minimum Gasteiger partial charge on any atom is -0.475 e. The quantitative estimate of drug-likeness (QED) is 0.822. The van der Waals surface area contributed by atoms with Gasteiger partial charge in [0.1, 0.15) is 0 Å². The van der Waals surface area contributed by atoms with Crippen LogP contribution in [0.2, 0.25) is 0 Å². The number of likely N-dealkylation sites (tertiary alicyclic amines) is 1. The van der Waals surface area contributed by atoms with Gasteiger partial charge >= 0.3 is 12.1 Å². The number of anilines is 1. The van der Waals surface area contributed by atoms with E-state index >= 15 is 0 Å². The summed E-state index contributed by atoms with van der Waals surface area (Å²) in [6.45, 7) is 3.03. The van der Waals surface area contributed by atoms with E-state index in [-0.39, 0.29) is 11.8 Å². The molecule has 2 aromatic rings. The number of alkyl halides is 3. The highest BCUT2D eigenvalue weighted by Crippen LogP contribution is 2.34. The minimum absolute atomic E-state index is 0.0699. The number of aromatic nitrogens is 3. The smallest absolute Gasteiger partial charge is 0.475 e. The van der Waals surface area contributed by atoms with Crippen molar-refractivity contribution in [3.63, 3.8) is 0 Å². The average molecular weight is 409 g/mol. The highest BCUT2D eigenvalue weighted by Gasteiger charge is 2.46. The number of fused-ring (bicyclic) bond motifs is 1. The van der Waals surface area contributed by atoms with Crippen molar-refractivity contribution in [1.29, 1.82) is 0 Å². The molecule has 2 saturated heterocycles. The van der Waals surface area contributed by atoms with Crippen LogP contribution in [0.4, 0.5) is 19.1 Å². The molecule has 8 nitrogen and oxygen atoms in total. The molecule has 0 spiro atoms. The molecule has 0 radical (unpaired) electrons. The molecule has 11 heteroatoms. The van der Waals surface area contributed by atoms with Crippen LogP contribution < -0.4 is 4.90 Å². The van der Waals surface area contributed by atoms with Gasteiger partial charge in [0, 0.05) is 56.9 Å². The number of rotatable bonds is 3. The van der Waals surface area contributed by atoms with E-state index in [1.54, 1.807) is 24.7 Å². The summed E-state index contributed by atoms with van der Waals surface area (Å²) in [6, 6.07) is 5.73. The number of hydrogen-bond acceptors (Lipinski definition) is 6. The van der Waals surface area contributed by atoms with Crippen molar-refractivity contribution >= 4 is 17.8 Å². The van der Waals surface area contributed by atoms with Gasteiger partial charge < -0.3 is 14.9 Å². The first kappa shape index (κ1) is 20.5. The van der Waals surface area contributed by atoms with E-state index < -0.39 is 12.1 Å². The Bertz CT molecular complexity index is 851. The van der Waals surface area contributed by atoms with E-state index in [2.05, 4.69) is 19.9 Å². The Morgan fingerprint density at radius 1 is 1.14 bits per heavy atom. The lowest BCUT2D eigenvalue weighted by molar-refractivity contribution is -0.192. The van der Waals surface area contributed by atoms with Gasteiger partial charge in [-0.3, -0.25) is 9.78 Å². The Hall–Kier alpha value is -3.24. The zero-order chi connectivity index (χ0) is 21.0. The molecule has 2 fully saturated rings. The van der Waals surface area contributed by atoms with Gasteiger partial charge in [-0.05, 0) is 17.7 Å². The van der Waals surface area contributed by atoms with Crippen LogP contribution in [0.3, 0.4) is 0 Å². The fourth-order valence-electron chi connectivity index (χ4n) is 3.42. The van der Waals surface area contributed by atoms with Gasteiger partial charge in [-0.1, -0.05) is 6.07 Å². The highest BCUT2D eigenvalue weighted by molar-refractivity contribution is 5.83. The summed E-state index contributed by atoms with van der Waals surface area (Å²) in [5, 5.41) is 7.12. The van der Waals surface area contributed by atoms with Crippen molar-refractivity contribution in [3.8, 4) is 0 Å². The third kappa shape index (κ3) is 4.98. The third-order valence-corrected chi connectivity index (χ3v) is 4.70. The average Bonchev–Trinajstić information content (AvgIpc) is 3.23. The summed E-state index contributed by atoms with van der Waals surface area (Å²) < 4.78 is 31.7. The number of nitrogens with zero attached hydrogens (tertiary/aromatic N) is 5. The number of pyridine rings is 1. The van der Waals surface area contributed by atoms with E-state index in [4.69, 9.17) is 9.90 Å². The number of amides is 1. The second-order valence-corrected chi connectivity index (χ2v) is 6.70. The van der Waals surface area contributed by atoms with Crippen molar-refractivity contribution in [2.45, 2.75) is 12.7 Å². The number of carboxylic acids is 1. The Kier molecular flexibility index (Phi) is 5.95. The van der Waals surface area contributed by atoms with Crippen molar-refractivity contribution in [3.05, 3.63) is 48.5 Å². The van der Waals surface area contributed by atoms with Gasteiger partial charge in [-0.2, -0.15) is 13.2 Å². The molecular weight excluding hydrogens is 391 g/mol. The number of aliphatic carboxylic acids is 1. The van der Waals surface area contributed by atoms with Gasteiger partial charge in [0.15, 0.2) is 0 Å². The Labute approximate surface area is 164 Å². The molecule has 29 heavy (non-hydrogen) atoms. The molecule has 0 bridgehead atoms. The van der Waals surface area contributed by atoms with Crippen LogP contribution in [0.25, 0.3) is 0 Å². The first-order valence-corrected chi connectivity index (χ1v) is 8.75. The third-order valence-electron chi connectivity index (χ3n) is 4.70. The van der Waals surface area contributed by atoms with Gasteiger partial charge in [0.05, 0.1) is 5.92 Å². The Balaban J connectivity index is 0.000000298. The normalized spacial score (nSPS) is 20.9. The summed E-state index contributed by atoms with van der Waals surface area (Å²) in [7, 11) is 0. The lowest BCUT2D eigenvalue weighted by Gasteiger charge is -2.21. The first-order chi connectivity index (χ1) is 13.8. The molecule has 0 aromatic carbocycles. The highest BCUT2D eigenvalue weighted by atomic mass is 19.4. The maximum Gasteiger partial charge on any atom is 0.490 e. The summed E-state index contributed by atoms with van der Waals surface area (Å²) in [5.41, 5.74) is 1.08. The molecule has 1 amide bonds. The predicted molar refractivity (Wildman–Crippen MR) is 94.6 cm³/mol. The zero-order valence-electron chi connectivity index (χ0n) is 15.2. The molecule has 0 aliphatic carbocycles. The number of carbonyl (C=O) groups is 2. The SMILES string of the molecule is O=C(O)C(F)(F)F.O=C1[C@H]2CN(c3ncccn3)C[C@H]2CN1Cc1cccnc1. The van der Waals surface area contributed by atoms with Gasteiger partial charge in [-0.25, -0.2) is 14.8 Å². The van der Waals surface area contributed by atoms with E-state index in [1.165, 1.54) is 0 Å². The van der Waals surface area contributed by atoms with Crippen molar-refractivity contribution in [1.82, 2.24) is 19.9 Å². The molecular formula is C18H18F3N5O3. The molecule has 0 saturated carbocycles. The summed E-state index contributed by atoms with van der Waals surface area (Å²) in [5.74, 6) is -1.35. The molecule has 4 rings (SSSR count). The largest absolute Gasteiger partial charge is 0.490 e. The lowest BCUT2D eigenvalue weighted by Crippen LogP contribution is -2.33. The lowest BCUT2D eigenvalue weighted by atomic mass is 10.0. The van der Waals surface area contributed by atoms with Crippen LogP contribution in [0.15, 0.2) is 43.0 Å². The summed E-state index contributed by atoms with van der Waals surface area (Å²) in [6.07, 6.45) is 1.98. The standard InChI is InChI=1S/C16H17N5O.C2HF3O2/c22-15-14-11-21(16-18-5-2-6-19-16)10-13(14)9-20(15)8-12-3-1-4-17-7-12;3-2(4,5)1(6)7/h1-7,13-14H,8-11H2;(H,6,7)/t13-,14+;/m1./s1.